The first-order valence-corrected chi connectivity index (χ1v) is 10.1. The third-order valence-electron chi connectivity index (χ3n) is 4.59. The van der Waals surface area contributed by atoms with Crippen LogP contribution in [-0.2, 0) is 11.3 Å². The molecule has 1 saturated carbocycles. The Morgan fingerprint density at radius 3 is 2.61 bits per heavy atom. The Morgan fingerprint density at radius 1 is 1.18 bits per heavy atom. The smallest absolute Gasteiger partial charge is 0.233 e. The fourth-order valence-corrected chi connectivity index (χ4v) is 3.72. The average Bonchev–Trinajstić information content (AvgIpc) is 3.48. The molecule has 0 aliphatic heterocycles. The minimum atomic E-state index is 0.103. The fourth-order valence-electron chi connectivity index (χ4n) is 2.94. The topological polar surface area (TPSA) is 73.1 Å². The summed E-state index contributed by atoms with van der Waals surface area (Å²) in [5.74, 6) is 1.22. The summed E-state index contributed by atoms with van der Waals surface area (Å²) in [4.78, 5) is 14.9. The molecule has 1 heterocycles. The van der Waals surface area contributed by atoms with Crippen LogP contribution in [0.25, 0.3) is 5.69 Å². The Kier molecular flexibility index (Phi) is 5.57. The number of benzene rings is 2. The van der Waals surface area contributed by atoms with Gasteiger partial charge in [-0.25, -0.2) is 0 Å². The molecule has 1 aromatic heterocycles. The second kappa shape index (κ2) is 8.43. The minimum Gasteiger partial charge on any atom is -0.497 e. The molecular weight excluding hydrogens is 374 g/mol. The molecule has 1 aliphatic carbocycles. The Morgan fingerprint density at radius 2 is 1.93 bits per heavy atom. The van der Waals surface area contributed by atoms with Crippen LogP contribution in [-0.4, -0.2) is 49.9 Å². The summed E-state index contributed by atoms with van der Waals surface area (Å²) in [6.45, 7) is 0.609. The maximum absolute atomic E-state index is 12.9. The van der Waals surface area contributed by atoms with Crippen molar-refractivity contribution >= 4 is 17.7 Å². The number of hydrogen-bond donors (Lipinski definition) is 0. The Bertz CT molecular complexity index is 925. The number of aromatic nitrogens is 4. The average molecular weight is 395 g/mol. The van der Waals surface area contributed by atoms with Crippen molar-refractivity contribution in [2.75, 3.05) is 12.9 Å². The van der Waals surface area contributed by atoms with Gasteiger partial charge in [-0.05, 0) is 53.1 Å². The number of nitrogens with zero attached hydrogens (tertiary/aromatic N) is 5. The Balaban J connectivity index is 1.41. The summed E-state index contributed by atoms with van der Waals surface area (Å²) in [7, 11) is 1.65. The quantitative estimate of drug-likeness (QED) is 0.546. The van der Waals surface area contributed by atoms with Gasteiger partial charge in [0.25, 0.3) is 0 Å². The van der Waals surface area contributed by atoms with Crippen LogP contribution in [0.15, 0.2) is 59.8 Å². The monoisotopic (exact) mass is 395 g/mol. The molecule has 144 valence electrons. The first kappa shape index (κ1) is 18.5. The molecule has 0 N–H and O–H groups in total. The SMILES string of the molecule is COc1ccc(CN(C(=O)CSc2nnnn2-c2ccccc2)C2CC2)cc1. The highest BCUT2D eigenvalue weighted by Gasteiger charge is 2.32. The van der Waals surface area contributed by atoms with Crippen molar-refractivity contribution < 1.29 is 9.53 Å². The van der Waals surface area contributed by atoms with E-state index in [0.717, 1.165) is 29.8 Å². The molecule has 4 rings (SSSR count). The van der Waals surface area contributed by atoms with Crippen molar-refractivity contribution in [2.24, 2.45) is 0 Å². The highest BCUT2D eigenvalue weighted by molar-refractivity contribution is 7.99. The molecule has 1 fully saturated rings. The molecule has 0 atom stereocenters. The minimum absolute atomic E-state index is 0.103. The van der Waals surface area contributed by atoms with E-state index in [1.54, 1.807) is 11.8 Å². The molecular formula is C20H21N5O2S. The number of methoxy groups -OCH3 is 1. The van der Waals surface area contributed by atoms with E-state index >= 15 is 0 Å². The molecule has 2 aromatic carbocycles. The van der Waals surface area contributed by atoms with Gasteiger partial charge in [-0.1, -0.05) is 42.1 Å². The number of thioether (sulfide) groups is 1. The third kappa shape index (κ3) is 4.33. The van der Waals surface area contributed by atoms with Crippen LogP contribution in [0.4, 0.5) is 0 Å². The van der Waals surface area contributed by atoms with Gasteiger partial charge in [0, 0.05) is 12.6 Å². The summed E-state index contributed by atoms with van der Waals surface area (Å²) in [6.07, 6.45) is 2.13. The van der Waals surface area contributed by atoms with Gasteiger partial charge < -0.3 is 9.64 Å². The van der Waals surface area contributed by atoms with Crippen LogP contribution in [0.3, 0.4) is 0 Å². The summed E-state index contributed by atoms with van der Waals surface area (Å²) in [5.41, 5.74) is 1.97. The number of carbonyl (C=O) groups excluding carboxylic acids is 1. The lowest BCUT2D eigenvalue weighted by atomic mass is 10.2. The van der Waals surface area contributed by atoms with Crippen molar-refractivity contribution in [3.63, 3.8) is 0 Å². The van der Waals surface area contributed by atoms with E-state index in [2.05, 4.69) is 15.5 Å². The van der Waals surface area contributed by atoms with Gasteiger partial charge in [-0.3, -0.25) is 4.79 Å². The second-order valence-corrected chi connectivity index (χ2v) is 7.54. The molecule has 0 radical (unpaired) electrons. The number of carbonyl (C=O) groups is 1. The van der Waals surface area contributed by atoms with E-state index in [-0.39, 0.29) is 5.91 Å². The molecule has 1 aliphatic rings. The maximum atomic E-state index is 12.9. The van der Waals surface area contributed by atoms with E-state index in [9.17, 15) is 4.79 Å². The van der Waals surface area contributed by atoms with Crippen molar-refractivity contribution in [3.8, 4) is 11.4 Å². The zero-order valence-corrected chi connectivity index (χ0v) is 16.4. The first-order chi connectivity index (χ1) is 13.7. The van der Waals surface area contributed by atoms with Crippen LogP contribution in [0, 0.1) is 0 Å². The maximum Gasteiger partial charge on any atom is 0.233 e. The van der Waals surface area contributed by atoms with Crippen LogP contribution >= 0.6 is 11.8 Å². The normalized spacial score (nSPS) is 13.3. The van der Waals surface area contributed by atoms with Gasteiger partial charge in [-0.15, -0.1) is 5.10 Å². The van der Waals surface area contributed by atoms with Gasteiger partial charge in [0.2, 0.25) is 11.1 Å². The molecule has 8 heteroatoms. The second-order valence-electron chi connectivity index (χ2n) is 6.60. The van der Waals surface area contributed by atoms with Gasteiger partial charge in [-0.2, -0.15) is 4.68 Å². The van der Waals surface area contributed by atoms with Crippen LogP contribution in [0.1, 0.15) is 18.4 Å². The number of ether oxygens (including phenoxy) is 1. The molecule has 7 nitrogen and oxygen atoms in total. The van der Waals surface area contributed by atoms with Crippen molar-refractivity contribution in [1.82, 2.24) is 25.1 Å². The van der Waals surface area contributed by atoms with Gasteiger partial charge in [0.1, 0.15) is 5.75 Å². The third-order valence-corrected chi connectivity index (χ3v) is 5.49. The number of amides is 1. The standard InChI is InChI=1S/C20H21N5O2S/c1-27-18-11-7-15(8-12-18)13-24(16-9-10-16)19(26)14-28-20-21-22-23-25(20)17-5-3-2-4-6-17/h2-8,11-12,16H,9-10,13-14H2,1H3. The highest BCUT2D eigenvalue weighted by atomic mass is 32.2. The highest BCUT2D eigenvalue weighted by Crippen LogP contribution is 2.30. The number of hydrogen-bond acceptors (Lipinski definition) is 6. The zero-order valence-electron chi connectivity index (χ0n) is 15.6. The van der Waals surface area contributed by atoms with Crippen molar-refractivity contribution in [2.45, 2.75) is 30.6 Å². The van der Waals surface area contributed by atoms with Crippen LogP contribution in [0.5, 0.6) is 5.75 Å². The summed E-state index contributed by atoms with van der Waals surface area (Å²) in [5, 5.41) is 12.5. The van der Waals surface area contributed by atoms with Crippen molar-refractivity contribution in [1.29, 1.82) is 0 Å². The molecule has 28 heavy (non-hydrogen) atoms. The number of rotatable bonds is 8. The van der Waals surface area contributed by atoms with E-state index in [1.165, 1.54) is 11.8 Å². The molecule has 0 saturated heterocycles. The van der Waals surface area contributed by atoms with E-state index < -0.39 is 0 Å². The lowest BCUT2D eigenvalue weighted by Crippen LogP contribution is -2.34. The molecule has 0 spiro atoms. The first-order valence-electron chi connectivity index (χ1n) is 9.13. The predicted molar refractivity (Wildman–Crippen MR) is 106 cm³/mol. The molecule has 3 aromatic rings. The van der Waals surface area contributed by atoms with E-state index in [4.69, 9.17) is 4.74 Å². The largest absolute Gasteiger partial charge is 0.497 e. The Hall–Kier alpha value is -2.87. The lowest BCUT2D eigenvalue weighted by Gasteiger charge is -2.22. The lowest BCUT2D eigenvalue weighted by molar-refractivity contribution is -0.129. The zero-order chi connectivity index (χ0) is 19.3. The summed E-state index contributed by atoms with van der Waals surface area (Å²) >= 11 is 1.36. The number of tetrazole rings is 1. The van der Waals surface area contributed by atoms with E-state index in [1.807, 2.05) is 59.5 Å². The Labute approximate surface area is 167 Å². The number of para-hydroxylation sites is 1. The van der Waals surface area contributed by atoms with Gasteiger partial charge >= 0.3 is 0 Å². The van der Waals surface area contributed by atoms with Gasteiger partial charge in [0.05, 0.1) is 18.6 Å². The summed E-state index contributed by atoms with van der Waals surface area (Å²) < 4.78 is 6.86. The fraction of sp³-hybridized carbons (Fsp3) is 0.300. The molecule has 1 amide bonds. The molecule has 0 unspecified atom stereocenters. The summed E-state index contributed by atoms with van der Waals surface area (Å²) in [6, 6.07) is 17.9. The predicted octanol–water partition coefficient (Wildman–Crippen LogP) is 2.95. The van der Waals surface area contributed by atoms with Crippen molar-refractivity contribution in [3.05, 3.63) is 60.2 Å². The van der Waals surface area contributed by atoms with Crippen LogP contribution in [0.2, 0.25) is 0 Å². The van der Waals surface area contributed by atoms with E-state index in [0.29, 0.717) is 23.5 Å². The van der Waals surface area contributed by atoms with Crippen LogP contribution < -0.4 is 4.74 Å². The van der Waals surface area contributed by atoms with Gasteiger partial charge in [0.15, 0.2) is 0 Å². The molecule has 0 bridgehead atoms.